The van der Waals surface area contributed by atoms with Gasteiger partial charge in [0.05, 0.1) is 12.9 Å². The van der Waals surface area contributed by atoms with Gasteiger partial charge in [-0.25, -0.2) is 0 Å². The second-order valence-corrected chi connectivity index (χ2v) is 9.22. The summed E-state index contributed by atoms with van der Waals surface area (Å²) in [6, 6.07) is 8.41. The van der Waals surface area contributed by atoms with Crippen LogP contribution in [-0.4, -0.2) is 51.5 Å². The van der Waals surface area contributed by atoms with Gasteiger partial charge in [-0.1, -0.05) is 43.9 Å². The summed E-state index contributed by atoms with van der Waals surface area (Å²) >= 11 is 1.55. The molecule has 2 fully saturated rings. The Morgan fingerprint density at radius 2 is 1.67 bits per heavy atom. The first-order valence-electron chi connectivity index (χ1n) is 11.3. The van der Waals surface area contributed by atoms with Gasteiger partial charge in [-0.3, -0.25) is 9.36 Å². The summed E-state index contributed by atoms with van der Waals surface area (Å²) in [5, 5.41) is 9.94. The molecule has 1 aliphatic heterocycles. The molecule has 1 aromatic carbocycles. The minimum atomic E-state index is 0.228. The van der Waals surface area contributed by atoms with Crippen LogP contribution in [0.4, 0.5) is 0 Å². The van der Waals surface area contributed by atoms with E-state index in [0.29, 0.717) is 11.8 Å². The zero-order valence-electron chi connectivity index (χ0n) is 17.9. The maximum Gasteiger partial charge on any atom is 0.233 e. The number of thioether (sulfide) groups is 1. The molecule has 2 aromatic rings. The highest BCUT2D eigenvalue weighted by molar-refractivity contribution is 7.99. The lowest BCUT2D eigenvalue weighted by molar-refractivity contribution is -0.128. The summed E-state index contributed by atoms with van der Waals surface area (Å²) in [6.07, 6.45) is 10.8. The van der Waals surface area contributed by atoms with E-state index in [-0.39, 0.29) is 5.91 Å². The van der Waals surface area contributed by atoms with Gasteiger partial charge in [0.2, 0.25) is 5.91 Å². The molecule has 7 heteroatoms. The molecule has 4 rings (SSSR count). The third-order valence-electron chi connectivity index (χ3n) is 6.24. The molecule has 2 heterocycles. The van der Waals surface area contributed by atoms with E-state index in [9.17, 15) is 4.79 Å². The largest absolute Gasteiger partial charge is 0.497 e. The average molecular weight is 429 g/mol. The number of likely N-dealkylation sites (tertiary alicyclic amines) is 1. The van der Waals surface area contributed by atoms with E-state index < -0.39 is 0 Å². The Morgan fingerprint density at radius 3 is 2.33 bits per heavy atom. The molecule has 30 heavy (non-hydrogen) atoms. The summed E-state index contributed by atoms with van der Waals surface area (Å²) in [6.45, 7) is 1.79. The van der Waals surface area contributed by atoms with Crippen molar-refractivity contribution in [2.24, 2.45) is 0 Å². The molecule has 0 atom stereocenters. The third kappa shape index (κ3) is 4.99. The molecule has 1 aromatic heterocycles. The van der Waals surface area contributed by atoms with Crippen molar-refractivity contribution in [3.05, 3.63) is 24.3 Å². The van der Waals surface area contributed by atoms with Gasteiger partial charge in [0.15, 0.2) is 11.0 Å². The van der Waals surface area contributed by atoms with Gasteiger partial charge < -0.3 is 9.64 Å². The SMILES string of the molecule is COc1ccc(-c2nnc(SCC(=O)N3CCCCCC3)n2C2CCCCC2)cc1. The number of nitrogens with zero attached hydrogens (tertiary/aromatic N) is 4. The fourth-order valence-corrected chi connectivity index (χ4v) is 5.43. The third-order valence-corrected chi connectivity index (χ3v) is 7.16. The molecule has 162 valence electrons. The zero-order chi connectivity index (χ0) is 20.8. The van der Waals surface area contributed by atoms with Crippen LogP contribution in [0.1, 0.15) is 63.8 Å². The highest BCUT2D eigenvalue weighted by atomic mass is 32.2. The van der Waals surface area contributed by atoms with Crippen molar-refractivity contribution in [2.75, 3.05) is 26.0 Å². The predicted molar refractivity (Wildman–Crippen MR) is 120 cm³/mol. The Labute approximate surface area is 183 Å². The van der Waals surface area contributed by atoms with Crippen molar-refractivity contribution in [3.63, 3.8) is 0 Å². The standard InChI is InChI=1S/C23H32N4O2S/c1-29-20-13-11-18(12-14-20)22-24-25-23(27(22)19-9-5-4-6-10-19)30-17-21(28)26-15-7-2-3-8-16-26/h11-14,19H,2-10,15-17H2,1H3. The smallest absolute Gasteiger partial charge is 0.233 e. The lowest BCUT2D eigenvalue weighted by atomic mass is 9.95. The van der Waals surface area contributed by atoms with Gasteiger partial charge in [-0.2, -0.15) is 0 Å². The number of hydrogen-bond donors (Lipinski definition) is 0. The molecule has 0 N–H and O–H groups in total. The molecule has 0 unspecified atom stereocenters. The molecule has 0 bridgehead atoms. The van der Waals surface area contributed by atoms with Crippen LogP contribution in [0.2, 0.25) is 0 Å². The van der Waals surface area contributed by atoms with Gasteiger partial charge >= 0.3 is 0 Å². The molecule has 0 spiro atoms. The molecule has 1 saturated carbocycles. The van der Waals surface area contributed by atoms with Crippen LogP contribution in [-0.2, 0) is 4.79 Å². The monoisotopic (exact) mass is 428 g/mol. The van der Waals surface area contributed by atoms with E-state index >= 15 is 0 Å². The van der Waals surface area contributed by atoms with Gasteiger partial charge in [0.25, 0.3) is 0 Å². The van der Waals surface area contributed by atoms with E-state index in [0.717, 1.165) is 61.1 Å². The Balaban J connectivity index is 1.54. The number of benzene rings is 1. The van der Waals surface area contributed by atoms with Crippen molar-refractivity contribution in [1.82, 2.24) is 19.7 Å². The van der Waals surface area contributed by atoms with E-state index in [4.69, 9.17) is 4.74 Å². The Bertz CT molecular complexity index is 822. The maximum atomic E-state index is 12.8. The molecule has 6 nitrogen and oxygen atoms in total. The maximum absolute atomic E-state index is 12.8. The molecular weight excluding hydrogens is 396 g/mol. The summed E-state index contributed by atoms with van der Waals surface area (Å²) in [7, 11) is 1.68. The van der Waals surface area contributed by atoms with Crippen molar-refractivity contribution < 1.29 is 9.53 Å². The van der Waals surface area contributed by atoms with E-state index in [1.54, 1.807) is 18.9 Å². The number of amides is 1. The minimum absolute atomic E-state index is 0.228. The van der Waals surface area contributed by atoms with Gasteiger partial charge in [0, 0.05) is 24.7 Å². The predicted octanol–water partition coefficient (Wildman–Crippen LogP) is 4.95. The molecule has 0 radical (unpaired) electrons. The summed E-state index contributed by atoms with van der Waals surface area (Å²) in [4.78, 5) is 14.8. The molecule has 2 aliphatic rings. The number of carbonyl (C=O) groups excluding carboxylic acids is 1. The van der Waals surface area contributed by atoms with E-state index in [1.165, 1.54) is 32.1 Å². The highest BCUT2D eigenvalue weighted by Gasteiger charge is 2.25. The van der Waals surface area contributed by atoms with E-state index in [1.807, 2.05) is 29.2 Å². The second kappa shape index (κ2) is 10.3. The van der Waals surface area contributed by atoms with Crippen LogP contribution in [0.15, 0.2) is 29.4 Å². The van der Waals surface area contributed by atoms with Gasteiger partial charge in [0.1, 0.15) is 5.75 Å². The Kier molecular flexibility index (Phi) is 7.31. The first-order valence-corrected chi connectivity index (χ1v) is 12.2. The fraction of sp³-hybridized carbons (Fsp3) is 0.609. The fourth-order valence-electron chi connectivity index (χ4n) is 4.52. The number of aromatic nitrogens is 3. The lowest BCUT2D eigenvalue weighted by Gasteiger charge is -2.26. The van der Waals surface area contributed by atoms with Crippen LogP contribution in [0.5, 0.6) is 5.75 Å². The lowest BCUT2D eigenvalue weighted by Crippen LogP contribution is -2.33. The summed E-state index contributed by atoms with van der Waals surface area (Å²) in [5.74, 6) is 2.40. The van der Waals surface area contributed by atoms with Crippen LogP contribution < -0.4 is 4.74 Å². The number of methoxy groups -OCH3 is 1. The molecule has 1 amide bonds. The normalized spacial score (nSPS) is 18.2. The van der Waals surface area contributed by atoms with Crippen molar-refractivity contribution >= 4 is 17.7 Å². The average Bonchev–Trinajstić information content (AvgIpc) is 3.02. The molecular formula is C23H32N4O2S. The second-order valence-electron chi connectivity index (χ2n) is 8.28. The van der Waals surface area contributed by atoms with Crippen molar-refractivity contribution in [1.29, 1.82) is 0 Å². The number of rotatable bonds is 6. The van der Waals surface area contributed by atoms with Gasteiger partial charge in [-0.15, -0.1) is 10.2 Å². The summed E-state index contributed by atoms with van der Waals surface area (Å²) < 4.78 is 7.59. The van der Waals surface area contributed by atoms with Crippen LogP contribution >= 0.6 is 11.8 Å². The van der Waals surface area contributed by atoms with Crippen LogP contribution in [0.3, 0.4) is 0 Å². The number of carbonyl (C=O) groups is 1. The first kappa shape index (κ1) is 21.2. The van der Waals surface area contributed by atoms with Crippen molar-refractivity contribution in [2.45, 2.75) is 69.0 Å². The summed E-state index contributed by atoms with van der Waals surface area (Å²) in [5.41, 5.74) is 1.04. The quantitative estimate of drug-likeness (QED) is 0.609. The van der Waals surface area contributed by atoms with Crippen LogP contribution in [0.25, 0.3) is 11.4 Å². The number of hydrogen-bond acceptors (Lipinski definition) is 5. The Morgan fingerprint density at radius 1 is 1.00 bits per heavy atom. The minimum Gasteiger partial charge on any atom is -0.497 e. The van der Waals surface area contributed by atoms with Crippen molar-refractivity contribution in [3.8, 4) is 17.1 Å². The zero-order valence-corrected chi connectivity index (χ0v) is 18.7. The Hall–Kier alpha value is -2.02. The van der Waals surface area contributed by atoms with Gasteiger partial charge in [-0.05, 0) is 49.9 Å². The van der Waals surface area contributed by atoms with E-state index in [2.05, 4.69) is 14.8 Å². The molecule has 1 aliphatic carbocycles. The van der Waals surface area contributed by atoms with Crippen LogP contribution in [0, 0.1) is 0 Å². The highest BCUT2D eigenvalue weighted by Crippen LogP contribution is 2.36. The molecule has 1 saturated heterocycles. The number of ether oxygens (including phenoxy) is 1. The first-order chi connectivity index (χ1) is 14.8. The topological polar surface area (TPSA) is 60.3 Å².